The molecule has 5 atom stereocenters. The zero-order valence-corrected chi connectivity index (χ0v) is 34.4. The number of allylic oxidation sites excluding steroid dienone is 2. The van der Waals surface area contributed by atoms with E-state index in [0.29, 0.717) is 43.6 Å². The molecule has 2 saturated carbocycles. The molecule has 2 aliphatic rings. The molecular formula is C46H73ClO7. The average Bonchev–Trinajstić information content (AvgIpc) is 3.40. The van der Waals surface area contributed by atoms with E-state index in [0.717, 1.165) is 44.9 Å². The fraction of sp³-hybridized carbons (Fsp3) is 0.739. The van der Waals surface area contributed by atoms with Crippen LogP contribution < -0.4 is 4.74 Å². The fourth-order valence-corrected chi connectivity index (χ4v) is 8.75. The van der Waals surface area contributed by atoms with Crippen LogP contribution in [0.2, 0.25) is 0 Å². The highest BCUT2D eigenvalue weighted by Gasteiger charge is 2.42. The molecule has 0 bridgehead atoms. The largest absolute Gasteiger partial charge is 0.494 e. The molecule has 1 aromatic rings. The number of carbonyl (C=O) groups excluding carboxylic acids is 1. The SMILES string of the molecule is CCCCCCCCCCCCCCCOc1ccc(C(=O)O)c(CCOC(=O)CCCC=CC[C@@H]2[C@@H](C=CC[C@H](O)C3(CC)CCC3)[C@H](O)C[C@H]2Cl)c1. The zero-order chi connectivity index (χ0) is 39.0. The van der Waals surface area contributed by atoms with Gasteiger partial charge < -0.3 is 24.8 Å². The highest BCUT2D eigenvalue weighted by molar-refractivity contribution is 6.21. The van der Waals surface area contributed by atoms with Gasteiger partial charge in [0.05, 0.1) is 31.0 Å². The molecule has 54 heavy (non-hydrogen) atoms. The maximum absolute atomic E-state index is 12.4. The van der Waals surface area contributed by atoms with Crippen LogP contribution in [0, 0.1) is 17.3 Å². The Kier molecular flexibility index (Phi) is 22.6. The molecule has 0 heterocycles. The summed E-state index contributed by atoms with van der Waals surface area (Å²) in [5, 5.41) is 31.0. The van der Waals surface area contributed by atoms with Gasteiger partial charge in [0.1, 0.15) is 5.75 Å². The number of hydrogen-bond donors (Lipinski definition) is 3. The number of halogens is 1. The minimum absolute atomic E-state index is 0.0312. The standard InChI is InChI=1S/C46H73ClO7/c1-3-5-6-7-8-9-10-11-12-13-14-17-20-32-53-37-27-28-38(45(51)52)36(34-37)29-33-54-44(50)26-19-16-15-18-23-39-40(42(48)35-41(39)47)24-21-25-43(49)46(4-2)30-22-31-46/h15,18,21,24,27-28,34,39-43,48-49H,3-14,16-17,19-20,22-23,25-26,29-33,35H2,1-2H3,(H,51,52)/t39-,40-,41-,42-,43+/m1/s1. The Morgan fingerprint density at radius 1 is 0.907 bits per heavy atom. The summed E-state index contributed by atoms with van der Waals surface area (Å²) in [5.74, 6) is -0.562. The van der Waals surface area contributed by atoms with Crippen LogP contribution in [0.5, 0.6) is 5.75 Å². The van der Waals surface area contributed by atoms with E-state index in [-0.39, 0.29) is 53.3 Å². The molecule has 3 rings (SSSR count). The van der Waals surface area contributed by atoms with Crippen molar-refractivity contribution < 1.29 is 34.4 Å². The number of alkyl halides is 1. The lowest BCUT2D eigenvalue weighted by Gasteiger charge is -2.45. The summed E-state index contributed by atoms with van der Waals surface area (Å²) >= 11 is 6.64. The van der Waals surface area contributed by atoms with Crippen LogP contribution in [0.25, 0.3) is 0 Å². The number of ether oxygens (including phenoxy) is 2. The highest BCUT2D eigenvalue weighted by atomic mass is 35.5. The van der Waals surface area contributed by atoms with Crippen molar-refractivity contribution in [2.75, 3.05) is 13.2 Å². The molecule has 0 amide bonds. The van der Waals surface area contributed by atoms with Crippen molar-refractivity contribution in [3.05, 3.63) is 53.6 Å². The van der Waals surface area contributed by atoms with Crippen molar-refractivity contribution in [1.29, 1.82) is 0 Å². The lowest BCUT2D eigenvalue weighted by atomic mass is 9.63. The number of benzene rings is 1. The lowest BCUT2D eigenvalue weighted by Crippen LogP contribution is -2.40. The molecule has 3 N–H and O–H groups in total. The number of aliphatic hydroxyl groups excluding tert-OH is 2. The van der Waals surface area contributed by atoms with Crippen LogP contribution >= 0.6 is 11.6 Å². The predicted molar refractivity (Wildman–Crippen MR) is 220 cm³/mol. The second kappa shape index (κ2) is 26.5. The summed E-state index contributed by atoms with van der Waals surface area (Å²) in [7, 11) is 0. The van der Waals surface area contributed by atoms with Gasteiger partial charge in [-0.1, -0.05) is 122 Å². The Morgan fingerprint density at radius 3 is 2.19 bits per heavy atom. The summed E-state index contributed by atoms with van der Waals surface area (Å²) in [4.78, 5) is 24.3. The average molecular weight is 774 g/mol. The number of carboxylic acids is 1. The van der Waals surface area contributed by atoms with Crippen molar-refractivity contribution in [3.63, 3.8) is 0 Å². The summed E-state index contributed by atoms with van der Waals surface area (Å²) in [6.07, 6.45) is 32.6. The number of unbranched alkanes of at least 4 members (excludes halogenated alkanes) is 13. The van der Waals surface area contributed by atoms with Gasteiger partial charge in [-0.2, -0.15) is 0 Å². The first-order chi connectivity index (χ1) is 26.2. The molecule has 306 valence electrons. The van der Waals surface area contributed by atoms with Crippen LogP contribution in [-0.4, -0.2) is 58.1 Å². The van der Waals surface area contributed by atoms with E-state index in [1.807, 2.05) is 6.08 Å². The molecule has 0 aromatic heterocycles. The van der Waals surface area contributed by atoms with Gasteiger partial charge in [-0.15, -0.1) is 11.6 Å². The highest BCUT2D eigenvalue weighted by Crippen LogP contribution is 2.48. The topological polar surface area (TPSA) is 113 Å². The summed E-state index contributed by atoms with van der Waals surface area (Å²) in [5.41, 5.74) is 0.869. The first kappa shape index (κ1) is 46.0. The van der Waals surface area contributed by atoms with E-state index in [1.165, 1.54) is 77.0 Å². The maximum atomic E-state index is 12.4. The lowest BCUT2D eigenvalue weighted by molar-refractivity contribution is -0.143. The second-order valence-corrected chi connectivity index (χ2v) is 16.7. The first-order valence-corrected chi connectivity index (χ1v) is 22.1. The summed E-state index contributed by atoms with van der Waals surface area (Å²) in [6.45, 7) is 5.14. The van der Waals surface area contributed by atoms with Crippen LogP contribution in [0.4, 0.5) is 0 Å². The molecule has 0 radical (unpaired) electrons. The molecule has 0 saturated heterocycles. The number of aromatic carboxylic acids is 1. The van der Waals surface area contributed by atoms with E-state index in [4.69, 9.17) is 21.1 Å². The van der Waals surface area contributed by atoms with Gasteiger partial charge >= 0.3 is 11.9 Å². The summed E-state index contributed by atoms with van der Waals surface area (Å²) < 4.78 is 11.4. The van der Waals surface area contributed by atoms with Crippen LogP contribution in [-0.2, 0) is 16.0 Å². The number of carboxylic acid groups (broad SMARTS) is 1. The molecule has 0 aliphatic heterocycles. The fourth-order valence-electron chi connectivity index (χ4n) is 8.30. The Labute approximate surface area is 332 Å². The van der Waals surface area contributed by atoms with Gasteiger partial charge in [-0.25, -0.2) is 4.79 Å². The van der Waals surface area contributed by atoms with Gasteiger partial charge in [-0.3, -0.25) is 4.79 Å². The van der Waals surface area contributed by atoms with E-state index < -0.39 is 12.1 Å². The molecule has 2 fully saturated rings. The Morgan fingerprint density at radius 2 is 1.57 bits per heavy atom. The summed E-state index contributed by atoms with van der Waals surface area (Å²) in [6, 6.07) is 5.04. The second-order valence-electron chi connectivity index (χ2n) is 16.1. The molecule has 0 spiro atoms. The Bertz CT molecular complexity index is 1250. The van der Waals surface area contributed by atoms with Gasteiger partial charge in [0.15, 0.2) is 0 Å². The van der Waals surface area contributed by atoms with Gasteiger partial charge in [-0.05, 0) is 92.9 Å². The molecular weight excluding hydrogens is 700 g/mol. The van der Waals surface area contributed by atoms with Crippen LogP contribution in [0.3, 0.4) is 0 Å². The van der Waals surface area contributed by atoms with Gasteiger partial charge in [0.25, 0.3) is 0 Å². The quantitative estimate of drug-likeness (QED) is 0.0309. The van der Waals surface area contributed by atoms with Crippen molar-refractivity contribution in [3.8, 4) is 5.75 Å². The van der Waals surface area contributed by atoms with Crippen molar-refractivity contribution in [2.45, 2.75) is 186 Å². The minimum atomic E-state index is -1.01. The maximum Gasteiger partial charge on any atom is 0.335 e. The van der Waals surface area contributed by atoms with Crippen molar-refractivity contribution >= 4 is 23.5 Å². The first-order valence-electron chi connectivity index (χ1n) is 21.7. The number of esters is 1. The third kappa shape index (κ3) is 16.4. The van der Waals surface area contributed by atoms with Crippen LogP contribution in [0.15, 0.2) is 42.5 Å². The van der Waals surface area contributed by atoms with Crippen molar-refractivity contribution in [1.82, 2.24) is 0 Å². The molecule has 7 nitrogen and oxygen atoms in total. The van der Waals surface area contributed by atoms with Gasteiger partial charge in [0.2, 0.25) is 0 Å². The van der Waals surface area contributed by atoms with E-state index >= 15 is 0 Å². The Hall–Kier alpha value is -2.35. The monoisotopic (exact) mass is 773 g/mol. The molecule has 1 aromatic carbocycles. The molecule has 2 aliphatic carbocycles. The predicted octanol–water partition coefficient (Wildman–Crippen LogP) is 11.5. The number of carbonyl (C=O) groups is 2. The van der Waals surface area contributed by atoms with E-state index in [2.05, 4.69) is 32.1 Å². The smallest absolute Gasteiger partial charge is 0.335 e. The number of rotatable bonds is 30. The van der Waals surface area contributed by atoms with Gasteiger partial charge in [0, 0.05) is 24.1 Å². The number of hydrogen-bond acceptors (Lipinski definition) is 6. The zero-order valence-electron chi connectivity index (χ0n) is 33.7. The molecule has 8 heteroatoms. The van der Waals surface area contributed by atoms with E-state index in [1.54, 1.807) is 18.2 Å². The van der Waals surface area contributed by atoms with E-state index in [9.17, 15) is 24.9 Å². The van der Waals surface area contributed by atoms with Crippen molar-refractivity contribution in [2.24, 2.45) is 17.3 Å². The normalized spacial score (nSPS) is 21.4. The van der Waals surface area contributed by atoms with Crippen LogP contribution in [0.1, 0.15) is 177 Å². The third-order valence-corrected chi connectivity index (χ3v) is 12.6. The molecule has 0 unspecified atom stereocenters. The Balaban J connectivity index is 1.27. The minimum Gasteiger partial charge on any atom is -0.494 e. The number of aliphatic hydroxyl groups is 2. The third-order valence-electron chi connectivity index (χ3n) is 12.1.